The number of anilines is 1. The van der Waals surface area contributed by atoms with Gasteiger partial charge in [-0.3, -0.25) is 0 Å². The molecule has 1 aromatic carbocycles. The highest BCUT2D eigenvalue weighted by atomic mass is 16.5. The number of hydrogen-bond donors (Lipinski definition) is 3. The zero-order valence-electron chi connectivity index (χ0n) is 10.8. The summed E-state index contributed by atoms with van der Waals surface area (Å²) in [6.07, 6.45) is 0.0733. The number of aliphatic hydroxyl groups is 1. The maximum Gasteiger partial charge on any atom is 0.341 e. The van der Waals surface area contributed by atoms with Crippen LogP contribution in [-0.2, 0) is 4.79 Å². The summed E-state index contributed by atoms with van der Waals surface area (Å²) < 4.78 is 5.10. The number of carboxylic acids is 1. The molecule has 0 radical (unpaired) electrons. The number of amides is 2. The second kappa shape index (κ2) is 6.25. The van der Waals surface area contributed by atoms with Crippen LogP contribution in [0.5, 0.6) is 5.75 Å². The van der Waals surface area contributed by atoms with Gasteiger partial charge in [-0.15, -0.1) is 0 Å². The summed E-state index contributed by atoms with van der Waals surface area (Å²) in [5, 5.41) is 20.7. The zero-order chi connectivity index (χ0) is 14.5. The van der Waals surface area contributed by atoms with Gasteiger partial charge in [0.05, 0.1) is 11.8 Å². The highest BCUT2D eigenvalue weighted by Gasteiger charge is 2.25. The van der Waals surface area contributed by atoms with E-state index in [1.165, 1.54) is 4.90 Å². The summed E-state index contributed by atoms with van der Waals surface area (Å²) in [6, 6.07) is 6.26. The number of hydrogen-bond acceptors (Lipinski definition) is 4. The van der Waals surface area contributed by atoms with Crippen molar-refractivity contribution < 1.29 is 24.5 Å². The van der Waals surface area contributed by atoms with Crippen LogP contribution in [0.1, 0.15) is 6.42 Å². The Morgan fingerprint density at radius 3 is 2.80 bits per heavy atom. The molecule has 7 heteroatoms. The number of likely N-dealkylation sites (tertiary alicyclic amines) is 1. The summed E-state index contributed by atoms with van der Waals surface area (Å²) in [4.78, 5) is 24.0. The molecule has 1 unspecified atom stereocenters. The molecule has 0 aliphatic carbocycles. The molecule has 3 N–H and O–H groups in total. The molecular formula is C13H16N2O5. The molecule has 1 atom stereocenters. The summed E-state index contributed by atoms with van der Waals surface area (Å²) in [6.45, 7) is 0.310. The Kier molecular flexibility index (Phi) is 4.41. The Bertz CT molecular complexity index is 505. The molecule has 7 nitrogen and oxygen atoms in total. The van der Waals surface area contributed by atoms with Crippen molar-refractivity contribution in [2.24, 2.45) is 0 Å². The van der Waals surface area contributed by atoms with E-state index in [1.54, 1.807) is 24.3 Å². The van der Waals surface area contributed by atoms with Gasteiger partial charge in [0.2, 0.25) is 0 Å². The molecule has 0 aromatic heterocycles. The molecule has 1 aromatic rings. The lowest BCUT2D eigenvalue weighted by atomic mass is 10.3. The van der Waals surface area contributed by atoms with Crippen LogP contribution in [0, 0.1) is 0 Å². The van der Waals surface area contributed by atoms with E-state index in [0.29, 0.717) is 30.9 Å². The zero-order valence-corrected chi connectivity index (χ0v) is 10.8. The number of nitrogens with zero attached hydrogens (tertiary/aromatic N) is 1. The third-order valence-electron chi connectivity index (χ3n) is 2.93. The molecule has 1 aliphatic heterocycles. The standard InChI is InChI=1S/C13H16N2O5/c16-9-5-6-15(7-9)13(19)14-10-3-1-2-4-11(10)20-8-12(17)18/h1-4,9,16H,5-8H2,(H,14,19)(H,17,18). The number of ether oxygens (including phenoxy) is 1. The van der Waals surface area contributed by atoms with Gasteiger partial charge in [0.25, 0.3) is 0 Å². The first kappa shape index (κ1) is 14.1. The molecule has 2 amide bonds. The molecule has 0 saturated carbocycles. The Morgan fingerprint density at radius 1 is 1.40 bits per heavy atom. The summed E-state index contributed by atoms with van der Waals surface area (Å²) in [5.41, 5.74) is 0.403. The van der Waals surface area contributed by atoms with Gasteiger partial charge >= 0.3 is 12.0 Å². The SMILES string of the molecule is O=C(O)COc1ccccc1NC(=O)N1CCC(O)C1. The summed E-state index contributed by atoms with van der Waals surface area (Å²) in [7, 11) is 0. The number of aliphatic hydroxyl groups excluding tert-OH is 1. The number of carboxylic acid groups (broad SMARTS) is 1. The minimum atomic E-state index is -1.09. The monoisotopic (exact) mass is 280 g/mol. The maximum atomic E-state index is 12.0. The topological polar surface area (TPSA) is 99.1 Å². The third-order valence-corrected chi connectivity index (χ3v) is 2.93. The first-order valence-electron chi connectivity index (χ1n) is 6.24. The Balaban J connectivity index is 2.01. The molecule has 1 aliphatic rings. The van der Waals surface area contributed by atoms with Gasteiger partial charge in [-0.1, -0.05) is 12.1 Å². The molecule has 20 heavy (non-hydrogen) atoms. The maximum absolute atomic E-state index is 12.0. The number of β-amino-alcohol motifs (C(OH)–C–C–N with tert-alkyl or cyclic N) is 1. The Labute approximate surface area is 115 Å². The fourth-order valence-electron chi connectivity index (χ4n) is 1.96. The van der Waals surface area contributed by atoms with E-state index in [2.05, 4.69) is 5.32 Å². The second-order valence-corrected chi connectivity index (χ2v) is 4.50. The van der Waals surface area contributed by atoms with Crippen LogP contribution >= 0.6 is 0 Å². The van der Waals surface area contributed by atoms with Gasteiger partial charge in [-0.25, -0.2) is 9.59 Å². The Morgan fingerprint density at radius 2 is 2.15 bits per heavy atom. The molecule has 0 bridgehead atoms. The van der Waals surface area contributed by atoms with Crippen molar-refractivity contribution in [1.29, 1.82) is 0 Å². The molecule has 0 spiro atoms. The van der Waals surface area contributed by atoms with E-state index < -0.39 is 18.7 Å². The van der Waals surface area contributed by atoms with E-state index in [4.69, 9.17) is 9.84 Å². The summed E-state index contributed by atoms with van der Waals surface area (Å²) >= 11 is 0. The lowest BCUT2D eigenvalue weighted by molar-refractivity contribution is -0.139. The highest BCUT2D eigenvalue weighted by molar-refractivity contribution is 5.91. The van der Waals surface area contributed by atoms with Gasteiger partial charge in [-0.2, -0.15) is 0 Å². The van der Waals surface area contributed by atoms with E-state index >= 15 is 0 Å². The predicted molar refractivity (Wildman–Crippen MR) is 70.8 cm³/mol. The van der Waals surface area contributed by atoms with Crippen LogP contribution in [0.2, 0.25) is 0 Å². The van der Waals surface area contributed by atoms with Gasteiger partial charge in [0.1, 0.15) is 5.75 Å². The predicted octanol–water partition coefficient (Wildman–Crippen LogP) is 0.749. The smallest absolute Gasteiger partial charge is 0.341 e. The number of aliphatic carboxylic acids is 1. The lowest BCUT2D eigenvalue weighted by Crippen LogP contribution is -2.33. The first-order valence-corrected chi connectivity index (χ1v) is 6.24. The number of rotatable bonds is 4. The van der Waals surface area contributed by atoms with Crippen LogP contribution in [0.25, 0.3) is 0 Å². The van der Waals surface area contributed by atoms with Crippen molar-refractivity contribution in [3.05, 3.63) is 24.3 Å². The molecule has 1 heterocycles. The van der Waals surface area contributed by atoms with Crippen molar-refractivity contribution in [1.82, 2.24) is 4.90 Å². The largest absolute Gasteiger partial charge is 0.480 e. The van der Waals surface area contributed by atoms with Crippen LogP contribution in [0.4, 0.5) is 10.5 Å². The Hall–Kier alpha value is -2.28. The normalized spacial score (nSPS) is 17.9. The average molecular weight is 280 g/mol. The van der Waals surface area contributed by atoms with E-state index in [0.717, 1.165) is 0 Å². The van der Waals surface area contributed by atoms with Gasteiger partial charge in [-0.05, 0) is 18.6 Å². The fourth-order valence-corrected chi connectivity index (χ4v) is 1.96. The second-order valence-electron chi connectivity index (χ2n) is 4.50. The van der Waals surface area contributed by atoms with Crippen molar-refractivity contribution >= 4 is 17.7 Å². The van der Waals surface area contributed by atoms with Crippen LogP contribution in [0.15, 0.2) is 24.3 Å². The van der Waals surface area contributed by atoms with E-state index in [-0.39, 0.29) is 6.03 Å². The molecular weight excluding hydrogens is 264 g/mol. The third kappa shape index (κ3) is 3.61. The van der Waals surface area contributed by atoms with Crippen molar-refractivity contribution in [3.63, 3.8) is 0 Å². The minimum Gasteiger partial charge on any atom is -0.480 e. The van der Waals surface area contributed by atoms with Crippen LogP contribution in [-0.4, -0.2) is 52.9 Å². The van der Waals surface area contributed by atoms with Gasteiger partial charge < -0.3 is 25.2 Å². The van der Waals surface area contributed by atoms with Crippen LogP contribution in [0.3, 0.4) is 0 Å². The molecule has 2 rings (SSSR count). The minimum absolute atomic E-state index is 0.294. The number of carbonyl (C=O) groups is 2. The van der Waals surface area contributed by atoms with Gasteiger partial charge in [0, 0.05) is 13.1 Å². The number of benzene rings is 1. The fraction of sp³-hybridized carbons (Fsp3) is 0.385. The highest BCUT2D eigenvalue weighted by Crippen LogP contribution is 2.24. The summed E-state index contributed by atoms with van der Waals surface area (Å²) in [5.74, 6) is -0.795. The lowest BCUT2D eigenvalue weighted by Gasteiger charge is -2.18. The molecule has 1 fully saturated rings. The number of nitrogens with one attached hydrogen (secondary N) is 1. The van der Waals surface area contributed by atoms with E-state index in [9.17, 15) is 14.7 Å². The van der Waals surface area contributed by atoms with Crippen molar-refractivity contribution in [3.8, 4) is 5.75 Å². The van der Waals surface area contributed by atoms with Crippen LogP contribution < -0.4 is 10.1 Å². The molecule has 108 valence electrons. The first-order chi connectivity index (χ1) is 9.56. The van der Waals surface area contributed by atoms with Crippen molar-refractivity contribution in [2.75, 3.05) is 25.0 Å². The van der Waals surface area contributed by atoms with E-state index in [1.807, 2.05) is 0 Å². The average Bonchev–Trinajstić information content (AvgIpc) is 2.84. The quantitative estimate of drug-likeness (QED) is 0.755. The number of carbonyl (C=O) groups excluding carboxylic acids is 1. The molecule has 1 saturated heterocycles. The number of para-hydroxylation sites is 2. The van der Waals surface area contributed by atoms with Crippen molar-refractivity contribution in [2.45, 2.75) is 12.5 Å². The van der Waals surface area contributed by atoms with Gasteiger partial charge in [0.15, 0.2) is 6.61 Å². The number of urea groups is 1.